The number of hydrogen-bond acceptors (Lipinski definition) is 6. The maximum Gasteiger partial charge on any atom is 0.263 e. The molecule has 0 atom stereocenters. The first kappa shape index (κ1) is 21.6. The highest BCUT2D eigenvalue weighted by Gasteiger charge is 2.55. The number of alkyl halides is 2. The van der Waals surface area contributed by atoms with Crippen molar-refractivity contribution in [3.63, 3.8) is 0 Å². The molecule has 1 aromatic carbocycles. The molecule has 7 nitrogen and oxygen atoms in total. The molecule has 2 aliphatic carbocycles. The van der Waals surface area contributed by atoms with Crippen molar-refractivity contribution in [1.29, 1.82) is 0 Å². The predicted octanol–water partition coefficient (Wildman–Crippen LogP) is 4.46. The third kappa shape index (κ3) is 3.71. The number of fused-ring (bicyclic) bond motifs is 3. The van der Waals surface area contributed by atoms with Gasteiger partial charge in [-0.25, -0.2) is 18.7 Å². The number of hydrogen-bond donors (Lipinski definition) is 0. The van der Waals surface area contributed by atoms with Crippen LogP contribution in [0.2, 0.25) is 5.02 Å². The van der Waals surface area contributed by atoms with E-state index in [1.807, 2.05) is 24.3 Å². The zero-order valence-corrected chi connectivity index (χ0v) is 20.0. The highest BCUT2D eigenvalue weighted by atomic mass is 35.5. The molecule has 10 heteroatoms. The summed E-state index contributed by atoms with van der Waals surface area (Å²) in [6, 6.07) is 7.55. The minimum Gasteiger partial charge on any atom is -0.340 e. The minimum absolute atomic E-state index is 0.266. The quantitative estimate of drug-likeness (QED) is 0.519. The van der Waals surface area contributed by atoms with Crippen LogP contribution >= 0.6 is 11.6 Å². The van der Waals surface area contributed by atoms with Crippen LogP contribution in [0, 0.1) is 11.3 Å². The number of aromatic nitrogens is 5. The first-order valence-corrected chi connectivity index (χ1v) is 12.6. The Hall–Kier alpha value is -2.65. The molecule has 2 saturated carbocycles. The van der Waals surface area contributed by atoms with Gasteiger partial charge < -0.3 is 4.90 Å². The molecule has 2 aliphatic heterocycles. The van der Waals surface area contributed by atoms with E-state index < -0.39 is 11.8 Å². The van der Waals surface area contributed by atoms with Gasteiger partial charge in [0.05, 0.1) is 18.8 Å². The third-order valence-electron chi connectivity index (χ3n) is 8.02. The molecule has 4 heterocycles. The van der Waals surface area contributed by atoms with E-state index in [2.05, 4.69) is 29.6 Å². The van der Waals surface area contributed by atoms with E-state index in [1.54, 1.807) is 17.3 Å². The first-order chi connectivity index (χ1) is 16.9. The first-order valence-electron chi connectivity index (χ1n) is 12.2. The number of benzene rings is 1. The fourth-order valence-electron chi connectivity index (χ4n) is 6.19. The van der Waals surface area contributed by atoms with Gasteiger partial charge >= 0.3 is 0 Å². The van der Waals surface area contributed by atoms with Crippen LogP contribution in [0.1, 0.15) is 48.8 Å². The Labute approximate surface area is 207 Å². The molecule has 182 valence electrons. The second-order valence-corrected chi connectivity index (χ2v) is 11.2. The van der Waals surface area contributed by atoms with E-state index in [1.165, 1.54) is 0 Å². The van der Waals surface area contributed by atoms with E-state index in [0.29, 0.717) is 31.0 Å². The maximum absolute atomic E-state index is 14.7. The molecule has 2 aromatic heterocycles. The zero-order chi connectivity index (χ0) is 23.8. The summed E-state index contributed by atoms with van der Waals surface area (Å²) in [6.07, 6.45) is 6.83. The molecule has 35 heavy (non-hydrogen) atoms. The van der Waals surface area contributed by atoms with Crippen LogP contribution in [0.4, 0.5) is 14.7 Å². The van der Waals surface area contributed by atoms with E-state index >= 15 is 0 Å². The van der Waals surface area contributed by atoms with E-state index in [9.17, 15) is 8.78 Å². The fraction of sp³-hybridized carbons (Fsp3) is 0.520. The van der Waals surface area contributed by atoms with Crippen molar-refractivity contribution in [2.24, 2.45) is 11.3 Å². The second-order valence-electron chi connectivity index (χ2n) is 10.8. The van der Waals surface area contributed by atoms with E-state index in [-0.39, 0.29) is 17.9 Å². The molecule has 7 rings (SSSR count). The molecule has 4 aliphatic rings. The Morgan fingerprint density at radius 1 is 1.06 bits per heavy atom. The lowest BCUT2D eigenvalue weighted by atomic mass is 9.57. The van der Waals surface area contributed by atoms with Gasteiger partial charge in [-0.2, -0.15) is 0 Å². The molecule has 0 bridgehead atoms. The topological polar surface area (TPSA) is 63.0 Å². The van der Waals surface area contributed by atoms with Gasteiger partial charge in [0, 0.05) is 54.3 Å². The highest BCUT2D eigenvalue weighted by Crippen LogP contribution is 2.56. The van der Waals surface area contributed by atoms with Crippen LogP contribution in [-0.4, -0.2) is 55.2 Å². The van der Waals surface area contributed by atoms with Crippen molar-refractivity contribution in [2.45, 2.75) is 50.6 Å². The fourth-order valence-corrected chi connectivity index (χ4v) is 6.38. The van der Waals surface area contributed by atoms with Crippen LogP contribution < -0.4 is 4.90 Å². The maximum atomic E-state index is 14.7. The molecular weight excluding hydrogens is 472 g/mol. The summed E-state index contributed by atoms with van der Waals surface area (Å²) in [7, 11) is 0. The van der Waals surface area contributed by atoms with Crippen molar-refractivity contribution in [2.75, 3.05) is 24.5 Å². The molecule has 3 aromatic rings. The van der Waals surface area contributed by atoms with Crippen LogP contribution in [0.25, 0.3) is 5.69 Å². The number of halogens is 3. The summed E-state index contributed by atoms with van der Waals surface area (Å²) in [6.45, 7) is 2.39. The summed E-state index contributed by atoms with van der Waals surface area (Å²) in [5.74, 6) is -0.450. The lowest BCUT2D eigenvalue weighted by molar-refractivity contribution is -0.0558. The average molecular weight is 498 g/mol. The highest BCUT2D eigenvalue weighted by molar-refractivity contribution is 6.30. The van der Waals surface area contributed by atoms with Gasteiger partial charge in [0.25, 0.3) is 5.92 Å². The van der Waals surface area contributed by atoms with Gasteiger partial charge in [-0.15, -0.1) is 10.2 Å². The van der Waals surface area contributed by atoms with Crippen LogP contribution in [0.15, 0.2) is 36.7 Å². The molecule has 0 unspecified atom stereocenters. The summed E-state index contributed by atoms with van der Waals surface area (Å²) < 4.78 is 31.5. The van der Waals surface area contributed by atoms with Crippen LogP contribution in [-0.2, 0) is 13.1 Å². The summed E-state index contributed by atoms with van der Waals surface area (Å²) >= 11 is 6.32. The molecule has 3 fully saturated rings. The number of rotatable bonds is 5. The van der Waals surface area contributed by atoms with E-state index in [0.717, 1.165) is 54.8 Å². The largest absolute Gasteiger partial charge is 0.340 e. The van der Waals surface area contributed by atoms with Crippen molar-refractivity contribution in [3.05, 3.63) is 58.9 Å². The van der Waals surface area contributed by atoms with Crippen molar-refractivity contribution in [1.82, 2.24) is 29.6 Å². The molecule has 0 amide bonds. The standard InChI is InChI=1S/C25H26ClF2N7/c26-19-4-5-20-16(8-19)11-33(15-25(27,28)18-2-3-18)12-21-31-32-22(35(20)21)17-9-24(10-17)13-34(14-24)23-29-6-1-7-30-23/h1,4-8,17-18H,2-3,9-15H2. The summed E-state index contributed by atoms with van der Waals surface area (Å²) in [5.41, 5.74) is 2.16. The van der Waals surface area contributed by atoms with Gasteiger partial charge in [0.15, 0.2) is 5.82 Å². The normalized spacial score (nSPS) is 21.7. The van der Waals surface area contributed by atoms with Gasteiger partial charge in [-0.3, -0.25) is 9.47 Å². The Kier molecular flexibility index (Phi) is 4.74. The molecule has 1 spiro atoms. The molecule has 1 saturated heterocycles. The second kappa shape index (κ2) is 7.67. The Balaban J connectivity index is 1.14. The number of anilines is 1. The van der Waals surface area contributed by atoms with Gasteiger partial charge in [-0.1, -0.05) is 11.6 Å². The zero-order valence-electron chi connectivity index (χ0n) is 19.2. The Morgan fingerprint density at radius 2 is 1.83 bits per heavy atom. The molecule has 0 N–H and O–H groups in total. The average Bonchev–Trinajstić information content (AvgIpc) is 3.58. The number of nitrogens with zero attached hydrogens (tertiary/aromatic N) is 7. The molecule has 0 radical (unpaired) electrons. The SMILES string of the molecule is FC(F)(CN1Cc2cc(Cl)ccc2-n2c(nnc2C2CC3(C2)CN(c2ncccn2)C3)C1)C1CC1. The monoisotopic (exact) mass is 497 g/mol. The minimum atomic E-state index is -2.68. The van der Waals surface area contributed by atoms with Crippen LogP contribution in [0.5, 0.6) is 0 Å². The van der Waals surface area contributed by atoms with Crippen molar-refractivity contribution in [3.8, 4) is 5.69 Å². The van der Waals surface area contributed by atoms with Crippen LogP contribution in [0.3, 0.4) is 0 Å². The Bertz CT molecular complexity index is 1260. The van der Waals surface area contributed by atoms with Gasteiger partial charge in [0.2, 0.25) is 5.95 Å². The summed E-state index contributed by atoms with van der Waals surface area (Å²) in [5, 5.41) is 9.70. The van der Waals surface area contributed by atoms with Crippen molar-refractivity contribution < 1.29 is 8.78 Å². The lowest BCUT2D eigenvalue weighted by Gasteiger charge is -2.58. The lowest BCUT2D eigenvalue weighted by Crippen LogP contribution is -2.62. The third-order valence-corrected chi connectivity index (χ3v) is 8.25. The molecular formula is C25H26ClF2N7. The smallest absolute Gasteiger partial charge is 0.263 e. The predicted molar refractivity (Wildman–Crippen MR) is 127 cm³/mol. The van der Waals surface area contributed by atoms with Gasteiger partial charge in [-0.05, 0) is 55.5 Å². The Morgan fingerprint density at radius 3 is 2.57 bits per heavy atom. The summed E-state index contributed by atoms with van der Waals surface area (Å²) in [4.78, 5) is 12.7. The van der Waals surface area contributed by atoms with Crippen molar-refractivity contribution >= 4 is 17.5 Å². The van der Waals surface area contributed by atoms with Gasteiger partial charge in [0.1, 0.15) is 5.82 Å². The van der Waals surface area contributed by atoms with E-state index in [4.69, 9.17) is 11.6 Å².